The van der Waals surface area contributed by atoms with Crippen LogP contribution in [0.25, 0.3) is 11.1 Å². The van der Waals surface area contributed by atoms with Gasteiger partial charge in [-0.1, -0.05) is 18.2 Å². The average Bonchev–Trinajstić information content (AvgIpc) is 2.85. The summed E-state index contributed by atoms with van der Waals surface area (Å²) in [7, 11) is 0. The normalized spacial score (nSPS) is 15.4. The molecule has 19 heavy (non-hydrogen) atoms. The molecule has 1 amide bonds. The number of rotatable bonds is 2. The van der Waals surface area contributed by atoms with Gasteiger partial charge in [0.2, 0.25) is 5.91 Å². The molecule has 1 aromatic heterocycles. The Morgan fingerprint density at radius 2 is 2.11 bits per heavy atom. The van der Waals surface area contributed by atoms with Crippen LogP contribution in [0.2, 0.25) is 0 Å². The summed E-state index contributed by atoms with van der Waals surface area (Å²) in [6.45, 7) is 1.82. The van der Waals surface area contributed by atoms with Crippen LogP contribution in [0.5, 0.6) is 0 Å². The number of piperazine rings is 1. The molecule has 1 aliphatic rings. The summed E-state index contributed by atoms with van der Waals surface area (Å²) < 4.78 is 0. The largest absolute Gasteiger partial charge is 0.384 e. The molecule has 1 aromatic carbocycles. The SMILES string of the molecule is Nc1[nH]ncc1-c1ccccc1N1CCNC(=O)C1. The fourth-order valence-corrected chi connectivity index (χ4v) is 2.33. The summed E-state index contributed by atoms with van der Waals surface area (Å²) >= 11 is 0. The summed E-state index contributed by atoms with van der Waals surface area (Å²) in [4.78, 5) is 13.6. The third-order valence-corrected chi connectivity index (χ3v) is 3.24. The Hall–Kier alpha value is -2.50. The van der Waals surface area contributed by atoms with Gasteiger partial charge in [-0.05, 0) is 6.07 Å². The molecule has 3 rings (SSSR count). The van der Waals surface area contributed by atoms with E-state index in [9.17, 15) is 4.79 Å². The number of hydrogen-bond donors (Lipinski definition) is 3. The number of anilines is 2. The van der Waals surface area contributed by atoms with Crippen LogP contribution in [0.4, 0.5) is 11.5 Å². The minimum Gasteiger partial charge on any atom is -0.384 e. The second kappa shape index (κ2) is 4.64. The van der Waals surface area contributed by atoms with Crippen molar-refractivity contribution in [2.45, 2.75) is 0 Å². The van der Waals surface area contributed by atoms with Gasteiger partial charge < -0.3 is 16.0 Å². The Bertz CT molecular complexity index is 607. The number of para-hydroxylation sites is 1. The molecular formula is C13H15N5O. The Morgan fingerprint density at radius 1 is 1.26 bits per heavy atom. The Balaban J connectivity index is 2.02. The van der Waals surface area contributed by atoms with Crippen LogP contribution in [0.3, 0.4) is 0 Å². The van der Waals surface area contributed by atoms with Gasteiger partial charge in [-0.2, -0.15) is 5.10 Å². The second-order valence-corrected chi connectivity index (χ2v) is 4.49. The summed E-state index contributed by atoms with van der Waals surface area (Å²) in [6, 6.07) is 7.90. The number of aromatic nitrogens is 2. The zero-order valence-corrected chi connectivity index (χ0v) is 10.4. The molecule has 6 nitrogen and oxygen atoms in total. The number of nitrogen functional groups attached to an aromatic ring is 1. The number of nitrogens with one attached hydrogen (secondary N) is 2. The quantitative estimate of drug-likeness (QED) is 0.735. The minimum atomic E-state index is 0.0428. The monoisotopic (exact) mass is 257 g/mol. The fourth-order valence-electron chi connectivity index (χ4n) is 2.33. The number of nitrogens with zero attached hydrogens (tertiary/aromatic N) is 2. The molecule has 2 aromatic rings. The summed E-state index contributed by atoms with van der Waals surface area (Å²) in [6.07, 6.45) is 1.71. The summed E-state index contributed by atoms with van der Waals surface area (Å²) in [5.41, 5.74) is 8.74. The maximum Gasteiger partial charge on any atom is 0.239 e. The Labute approximate surface area is 110 Å². The van der Waals surface area contributed by atoms with Crippen molar-refractivity contribution in [2.24, 2.45) is 0 Å². The van der Waals surface area contributed by atoms with E-state index in [2.05, 4.69) is 20.4 Å². The van der Waals surface area contributed by atoms with Gasteiger partial charge in [-0.15, -0.1) is 0 Å². The highest BCUT2D eigenvalue weighted by Gasteiger charge is 2.20. The topological polar surface area (TPSA) is 87.0 Å². The number of nitrogens with two attached hydrogens (primary N) is 1. The molecule has 0 radical (unpaired) electrons. The first-order chi connectivity index (χ1) is 9.25. The maximum absolute atomic E-state index is 11.5. The molecule has 6 heteroatoms. The molecule has 0 aliphatic carbocycles. The van der Waals surface area contributed by atoms with Gasteiger partial charge in [-0.25, -0.2) is 0 Å². The van der Waals surface area contributed by atoms with E-state index in [4.69, 9.17) is 5.73 Å². The molecular weight excluding hydrogens is 242 g/mol. The second-order valence-electron chi connectivity index (χ2n) is 4.49. The van der Waals surface area contributed by atoms with Crippen molar-refractivity contribution in [1.29, 1.82) is 0 Å². The van der Waals surface area contributed by atoms with Gasteiger partial charge in [0.05, 0.1) is 12.7 Å². The van der Waals surface area contributed by atoms with Crippen LogP contribution in [0.15, 0.2) is 30.5 Å². The lowest BCUT2D eigenvalue weighted by atomic mass is 10.0. The average molecular weight is 257 g/mol. The molecule has 0 unspecified atom stereocenters. The van der Waals surface area contributed by atoms with Gasteiger partial charge in [0.25, 0.3) is 0 Å². The van der Waals surface area contributed by atoms with Crippen LogP contribution in [-0.2, 0) is 4.79 Å². The number of amides is 1. The van der Waals surface area contributed by atoms with Crippen LogP contribution >= 0.6 is 0 Å². The van der Waals surface area contributed by atoms with E-state index in [0.29, 0.717) is 18.9 Å². The van der Waals surface area contributed by atoms with E-state index in [1.54, 1.807) is 6.20 Å². The first-order valence-corrected chi connectivity index (χ1v) is 6.15. The number of aromatic amines is 1. The van der Waals surface area contributed by atoms with Crippen LogP contribution in [0.1, 0.15) is 0 Å². The molecule has 2 heterocycles. The van der Waals surface area contributed by atoms with Gasteiger partial charge in [0.1, 0.15) is 5.82 Å². The van der Waals surface area contributed by atoms with Crippen molar-refractivity contribution >= 4 is 17.4 Å². The lowest BCUT2D eigenvalue weighted by Gasteiger charge is -2.30. The predicted molar refractivity (Wildman–Crippen MR) is 73.7 cm³/mol. The lowest BCUT2D eigenvalue weighted by Crippen LogP contribution is -2.47. The zero-order chi connectivity index (χ0) is 13.2. The molecule has 0 saturated carbocycles. The molecule has 0 bridgehead atoms. The predicted octanol–water partition coefficient (Wildman–Crippen LogP) is 0.595. The first kappa shape index (κ1) is 11.6. The Kier molecular flexibility index (Phi) is 2.83. The highest BCUT2D eigenvalue weighted by Crippen LogP contribution is 2.33. The fraction of sp³-hybridized carbons (Fsp3) is 0.231. The third-order valence-electron chi connectivity index (χ3n) is 3.24. The smallest absolute Gasteiger partial charge is 0.239 e. The zero-order valence-electron chi connectivity index (χ0n) is 10.4. The van der Waals surface area contributed by atoms with Crippen molar-refractivity contribution in [1.82, 2.24) is 15.5 Å². The third kappa shape index (κ3) is 2.12. The van der Waals surface area contributed by atoms with Crippen LogP contribution < -0.4 is 16.0 Å². The molecule has 98 valence electrons. The van der Waals surface area contributed by atoms with Crippen molar-refractivity contribution < 1.29 is 4.79 Å². The van der Waals surface area contributed by atoms with Crippen LogP contribution in [0, 0.1) is 0 Å². The van der Waals surface area contributed by atoms with Crippen molar-refractivity contribution in [2.75, 3.05) is 30.3 Å². The maximum atomic E-state index is 11.5. The number of carbonyl (C=O) groups is 1. The van der Waals surface area contributed by atoms with Gasteiger partial charge in [0.15, 0.2) is 0 Å². The molecule has 1 aliphatic heterocycles. The van der Waals surface area contributed by atoms with Gasteiger partial charge in [0, 0.05) is 29.9 Å². The lowest BCUT2D eigenvalue weighted by molar-refractivity contribution is -0.120. The van der Waals surface area contributed by atoms with E-state index < -0.39 is 0 Å². The van der Waals surface area contributed by atoms with E-state index >= 15 is 0 Å². The van der Waals surface area contributed by atoms with E-state index in [-0.39, 0.29) is 5.91 Å². The Morgan fingerprint density at radius 3 is 2.84 bits per heavy atom. The number of hydrogen-bond acceptors (Lipinski definition) is 4. The molecule has 0 atom stereocenters. The van der Waals surface area contributed by atoms with Crippen molar-refractivity contribution in [3.8, 4) is 11.1 Å². The molecule has 1 saturated heterocycles. The molecule has 1 fully saturated rings. The number of benzene rings is 1. The van der Waals surface area contributed by atoms with Gasteiger partial charge >= 0.3 is 0 Å². The van der Waals surface area contributed by atoms with E-state index in [0.717, 1.165) is 23.4 Å². The summed E-state index contributed by atoms with van der Waals surface area (Å²) in [5, 5.41) is 9.51. The highest BCUT2D eigenvalue weighted by molar-refractivity contribution is 5.88. The van der Waals surface area contributed by atoms with E-state index in [1.807, 2.05) is 24.3 Å². The van der Waals surface area contributed by atoms with Crippen molar-refractivity contribution in [3.63, 3.8) is 0 Å². The molecule has 4 N–H and O–H groups in total. The number of H-pyrrole nitrogens is 1. The standard InChI is InChI=1S/C13H15N5O/c14-13-10(7-16-17-13)9-3-1-2-4-11(9)18-6-5-15-12(19)8-18/h1-4,7H,5-6,8H2,(H,15,19)(H3,14,16,17). The van der Waals surface area contributed by atoms with E-state index in [1.165, 1.54) is 0 Å². The van der Waals surface area contributed by atoms with Crippen LogP contribution in [-0.4, -0.2) is 35.7 Å². The summed E-state index contributed by atoms with van der Waals surface area (Å²) in [5.74, 6) is 0.579. The molecule has 0 spiro atoms. The minimum absolute atomic E-state index is 0.0428. The number of carbonyl (C=O) groups excluding carboxylic acids is 1. The van der Waals surface area contributed by atoms with Gasteiger partial charge in [-0.3, -0.25) is 9.89 Å². The first-order valence-electron chi connectivity index (χ1n) is 6.15. The highest BCUT2D eigenvalue weighted by atomic mass is 16.2. The van der Waals surface area contributed by atoms with Crippen molar-refractivity contribution in [3.05, 3.63) is 30.5 Å².